The van der Waals surface area contributed by atoms with Crippen molar-refractivity contribution in [1.82, 2.24) is 0 Å². The van der Waals surface area contributed by atoms with E-state index in [1.165, 1.54) is 0 Å². The van der Waals surface area contributed by atoms with E-state index in [1.54, 1.807) is 6.26 Å². The topological polar surface area (TPSA) is 51.2 Å². The van der Waals surface area contributed by atoms with Crippen LogP contribution in [0.25, 0.3) is 0 Å². The third-order valence-electron chi connectivity index (χ3n) is 2.30. The molecule has 0 aliphatic heterocycles. The van der Waals surface area contributed by atoms with Gasteiger partial charge >= 0.3 is 0 Å². The summed E-state index contributed by atoms with van der Waals surface area (Å²) in [4.78, 5) is 0. The van der Waals surface area contributed by atoms with Crippen LogP contribution in [0.4, 0.5) is 11.4 Å². The normalized spacial score (nSPS) is 12.3. The summed E-state index contributed by atoms with van der Waals surface area (Å²) >= 11 is 0. The van der Waals surface area contributed by atoms with Gasteiger partial charge in [0.2, 0.25) is 0 Å². The molecule has 2 rings (SSSR count). The van der Waals surface area contributed by atoms with E-state index >= 15 is 0 Å². The van der Waals surface area contributed by atoms with Crippen molar-refractivity contribution in [1.29, 1.82) is 0 Å². The molecule has 0 spiro atoms. The number of anilines is 2. The molecule has 0 aliphatic rings. The Bertz CT molecular complexity index is 423. The highest BCUT2D eigenvalue weighted by atomic mass is 16.3. The number of para-hydroxylation sites is 2. The number of benzene rings is 1. The van der Waals surface area contributed by atoms with E-state index in [4.69, 9.17) is 10.2 Å². The van der Waals surface area contributed by atoms with Gasteiger partial charge in [-0.05, 0) is 31.2 Å². The Morgan fingerprint density at radius 2 is 2.00 bits per heavy atom. The fourth-order valence-electron chi connectivity index (χ4n) is 1.47. The summed E-state index contributed by atoms with van der Waals surface area (Å²) in [5.41, 5.74) is 7.51. The summed E-state index contributed by atoms with van der Waals surface area (Å²) in [5, 5.41) is 3.29. The van der Waals surface area contributed by atoms with Gasteiger partial charge < -0.3 is 15.5 Å². The van der Waals surface area contributed by atoms with Crippen LogP contribution in [-0.2, 0) is 0 Å². The van der Waals surface area contributed by atoms with Crippen LogP contribution in [-0.4, -0.2) is 0 Å². The van der Waals surface area contributed by atoms with Crippen LogP contribution in [0.2, 0.25) is 0 Å². The van der Waals surface area contributed by atoms with Crippen LogP contribution in [0.5, 0.6) is 0 Å². The number of hydrogen-bond acceptors (Lipinski definition) is 3. The Kier molecular flexibility index (Phi) is 2.63. The van der Waals surface area contributed by atoms with Gasteiger partial charge in [-0.25, -0.2) is 0 Å². The van der Waals surface area contributed by atoms with Gasteiger partial charge in [0.25, 0.3) is 0 Å². The molecule has 3 N–H and O–H groups in total. The molecule has 15 heavy (non-hydrogen) atoms. The molecule has 1 heterocycles. The quantitative estimate of drug-likeness (QED) is 0.752. The van der Waals surface area contributed by atoms with Crippen LogP contribution in [0, 0.1) is 0 Å². The smallest absolute Gasteiger partial charge is 0.125 e. The first-order valence-corrected chi connectivity index (χ1v) is 4.92. The molecule has 0 saturated heterocycles. The minimum Gasteiger partial charge on any atom is -0.467 e. The molecule has 1 unspecified atom stereocenters. The van der Waals surface area contributed by atoms with E-state index in [-0.39, 0.29) is 6.04 Å². The van der Waals surface area contributed by atoms with E-state index in [1.807, 2.05) is 43.3 Å². The van der Waals surface area contributed by atoms with E-state index in [0.29, 0.717) is 0 Å². The minimum absolute atomic E-state index is 0.115. The van der Waals surface area contributed by atoms with Gasteiger partial charge in [0, 0.05) is 0 Å². The summed E-state index contributed by atoms with van der Waals surface area (Å²) in [7, 11) is 0. The lowest BCUT2D eigenvalue weighted by molar-refractivity contribution is 0.490. The van der Waals surface area contributed by atoms with Crippen molar-refractivity contribution in [2.24, 2.45) is 0 Å². The van der Waals surface area contributed by atoms with Gasteiger partial charge in [-0.1, -0.05) is 12.1 Å². The molecule has 1 atom stereocenters. The zero-order chi connectivity index (χ0) is 10.7. The van der Waals surface area contributed by atoms with Crippen LogP contribution < -0.4 is 11.1 Å². The molecule has 1 aromatic heterocycles. The fraction of sp³-hybridized carbons (Fsp3) is 0.167. The molecule has 0 saturated carbocycles. The second-order valence-corrected chi connectivity index (χ2v) is 3.47. The van der Waals surface area contributed by atoms with Crippen LogP contribution in [0.15, 0.2) is 47.1 Å². The Labute approximate surface area is 88.9 Å². The molecular weight excluding hydrogens is 188 g/mol. The Morgan fingerprint density at radius 1 is 1.20 bits per heavy atom. The molecule has 78 valence electrons. The summed E-state index contributed by atoms with van der Waals surface area (Å²) in [6.07, 6.45) is 1.67. The molecule has 0 amide bonds. The molecule has 0 bridgehead atoms. The number of nitrogens with one attached hydrogen (secondary N) is 1. The van der Waals surface area contributed by atoms with Crippen molar-refractivity contribution < 1.29 is 4.42 Å². The lowest BCUT2D eigenvalue weighted by Gasteiger charge is -2.14. The van der Waals surface area contributed by atoms with Crippen LogP contribution in [0.3, 0.4) is 0 Å². The average Bonchev–Trinajstić information content (AvgIpc) is 2.74. The fourth-order valence-corrected chi connectivity index (χ4v) is 1.47. The second kappa shape index (κ2) is 4.09. The van der Waals surface area contributed by atoms with E-state index in [2.05, 4.69) is 5.32 Å². The van der Waals surface area contributed by atoms with E-state index < -0.39 is 0 Å². The summed E-state index contributed by atoms with van der Waals surface area (Å²) < 4.78 is 5.30. The Morgan fingerprint density at radius 3 is 2.67 bits per heavy atom. The monoisotopic (exact) mass is 202 g/mol. The number of nitrogens with two attached hydrogens (primary N) is 1. The summed E-state index contributed by atoms with van der Waals surface area (Å²) in [6, 6.07) is 11.6. The van der Waals surface area contributed by atoms with Crippen LogP contribution >= 0.6 is 0 Å². The molecule has 3 nitrogen and oxygen atoms in total. The number of hydrogen-bond donors (Lipinski definition) is 2. The van der Waals surface area contributed by atoms with Crippen molar-refractivity contribution in [3.8, 4) is 0 Å². The second-order valence-electron chi connectivity index (χ2n) is 3.47. The summed E-state index contributed by atoms with van der Waals surface area (Å²) in [6.45, 7) is 2.03. The predicted octanol–water partition coefficient (Wildman–Crippen LogP) is 3.03. The maximum absolute atomic E-state index is 5.83. The molecule has 1 aromatic carbocycles. The zero-order valence-electron chi connectivity index (χ0n) is 8.60. The SMILES string of the molecule is CC(Nc1ccccc1N)c1ccco1. The third-order valence-corrected chi connectivity index (χ3v) is 2.30. The largest absolute Gasteiger partial charge is 0.467 e. The third kappa shape index (κ3) is 2.13. The Balaban J connectivity index is 2.13. The van der Waals surface area contributed by atoms with E-state index in [0.717, 1.165) is 17.1 Å². The van der Waals surface area contributed by atoms with Crippen molar-refractivity contribution in [2.75, 3.05) is 11.1 Å². The van der Waals surface area contributed by atoms with Gasteiger partial charge in [0.05, 0.1) is 23.7 Å². The van der Waals surface area contributed by atoms with Crippen LogP contribution in [0.1, 0.15) is 18.7 Å². The maximum Gasteiger partial charge on any atom is 0.125 e. The first kappa shape index (κ1) is 9.65. The van der Waals surface area contributed by atoms with E-state index in [9.17, 15) is 0 Å². The lowest BCUT2D eigenvalue weighted by Crippen LogP contribution is -2.07. The molecule has 0 radical (unpaired) electrons. The van der Waals surface area contributed by atoms with Gasteiger partial charge in [0.1, 0.15) is 5.76 Å². The van der Waals surface area contributed by atoms with Gasteiger partial charge in [-0.15, -0.1) is 0 Å². The van der Waals surface area contributed by atoms with Gasteiger partial charge in [-0.3, -0.25) is 0 Å². The van der Waals surface area contributed by atoms with Crippen molar-refractivity contribution in [3.05, 3.63) is 48.4 Å². The molecule has 0 fully saturated rings. The number of nitrogen functional groups attached to an aromatic ring is 1. The minimum atomic E-state index is 0.115. The number of furan rings is 1. The first-order chi connectivity index (χ1) is 7.27. The molecule has 2 aromatic rings. The lowest BCUT2D eigenvalue weighted by atomic mass is 10.2. The summed E-state index contributed by atoms with van der Waals surface area (Å²) in [5.74, 6) is 0.901. The first-order valence-electron chi connectivity index (χ1n) is 4.92. The molecule has 3 heteroatoms. The predicted molar refractivity (Wildman–Crippen MR) is 61.6 cm³/mol. The maximum atomic E-state index is 5.83. The molecular formula is C12H14N2O. The standard InChI is InChI=1S/C12H14N2O/c1-9(12-7-4-8-15-12)14-11-6-3-2-5-10(11)13/h2-9,14H,13H2,1H3. The highest BCUT2D eigenvalue weighted by Crippen LogP contribution is 2.23. The van der Waals surface area contributed by atoms with Gasteiger partial charge in [-0.2, -0.15) is 0 Å². The van der Waals surface area contributed by atoms with Gasteiger partial charge in [0.15, 0.2) is 0 Å². The van der Waals surface area contributed by atoms with Crippen molar-refractivity contribution in [3.63, 3.8) is 0 Å². The number of rotatable bonds is 3. The van der Waals surface area contributed by atoms with Crippen molar-refractivity contribution in [2.45, 2.75) is 13.0 Å². The zero-order valence-corrected chi connectivity index (χ0v) is 8.60. The average molecular weight is 202 g/mol. The Hall–Kier alpha value is -1.90. The highest BCUT2D eigenvalue weighted by Gasteiger charge is 2.08. The molecule has 0 aliphatic carbocycles. The van der Waals surface area contributed by atoms with Crippen molar-refractivity contribution >= 4 is 11.4 Å². The highest BCUT2D eigenvalue weighted by molar-refractivity contribution is 5.66.